The van der Waals surface area contributed by atoms with E-state index >= 15 is 0 Å². The van der Waals surface area contributed by atoms with Crippen LogP contribution in [-0.4, -0.2) is 4.98 Å². The van der Waals surface area contributed by atoms with Crippen LogP contribution in [0.4, 0.5) is 0 Å². The van der Waals surface area contributed by atoms with E-state index in [1.165, 1.54) is 5.56 Å². The molecule has 0 atom stereocenters. The average Bonchev–Trinajstić information content (AvgIpc) is 2.69. The molecule has 0 spiro atoms. The maximum atomic E-state index is 5.52. The van der Waals surface area contributed by atoms with Crippen molar-refractivity contribution in [1.82, 2.24) is 4.98 Å². The van der Waals surface area contributed by atoms with Crippen molar-refractivity contribution in [3.63, 3.8) is 0 Å². The third-order valence-corrected chi connectivity index (χ3v) is 3.78. The third-order valence-electron chi connectivity index (χ3n) is 2.11. The highest BCUT2D eigenvalue weighted by atomic mass is 79.9. The van der Waals surface area contributed by atoms with Crippen molar-refractivity contribution < 1.29 is 0 Å². The van der Waals surface area contributed by atoms with Gasteiger partial charge < -0.3 is 5.73 Å². The predicted octanol–water partition coefficient (Wildman–Crippen LogP) is 2.96. The number of nitrogens with zero attached hydrogens (tertiary/aromatic N) is 1. The number of benzene rings is 1. The summed E-state index contributed by atoms with van der Waals surface area (Å²) in [6.45, 7) is 0.520. The molecule has 15 heavy (non-hydrogen) atoms. The molecule has 0 aliphatic carbocycles. The van der Waals surface area contributed by atoms with Crippen molar-refractivity contribution in [2.75, 3.05) is 0 Å². The van der Waals surface area contributed by atoms with Gasteiger partial charge in [0.05, 0.1) is 10.7 Å². The van der Waals surface area contributed by atoms with Crippen LogP contribution < -0.4 is 5.73 Å². The number of aromatic nitrogens is 1. The molecular weight excluding hydrogens is 272 g/mol. The zero-order valence-corrected chi connectivity index (χ0v) is 10.5. The summed E-state index contributed by atoms with van der Waals surface area (Å²) in [5, 5.41) is 3.13. The molecule has 4 heteroatoms. The summed E-state index contributed by atoms with van der Waals surface area (Å²) in [6.07, 6.45) is 0.867. The molecule has 0 saturated heterocycles. The maximum absolute atomic E-state index is 5.52. The fraction of sp³-hybridized carbons (Fsp3) is 0.182. The first-order valence-corrected chi connectivity index (χ1v) is 6.33. The molecule has 0 fully saturated rings. The Morgan fingerprint density at radius 3 is 2.80 bits per heavy atom. The molecule has 1 heterocycles. The molecule has 78 valence electrons. The fourth-order valence-electron chi connectivity index (χ4n) is 1.33. The first kappa shape index (κ1) is 10.8. The van der Waals surface area contributed by atoms with E-state index in [1.807, 2.05) is 23.6 Å². The minimum atomic E-state index is 0.520. The van der Waals surface area contributed by atoms with Gasteiger partial charge in [0.15, 0.2) is 0 Å². The van der Waals surface area contributed by atoms with Gasteiger partial charge in [-0.25, -0.2) is 4.98 Å². The first-order chi connectivity index (χ1) is 7.29. The Hall–Kier alpha value is -0.710. The molecule has 2 N–H and O–H groups in total. The Morgan fingerprint density at radius 1 is 1.33 bits per heavy atom. The second kappa shape index (κ2) is 4.88. The zero-order valence-electron chi connectivity index (χ0n) is 8.11. The van der Waals surface area contributed by atoms with E-state index in [2.05, 4.69) is 27.0 Å². The van der Waals surface area contributed by atoms with Gasteiger partial charge >= 0.3 is 0 Å². The van der Waals surface area contributed by atoms with Crippen molar-refractivity contribution in [2.45, 2.75) is 13.0 Å². The predicted molar refractivity (Wildman–Crippen MR) is 67.0 cm³/mol. The molecule has 2 aromatic rings. The van der Waals surface area contributed by atoms with Gasteiger partial charge in [0, 0.05) is 22.8 Å². The van der Waals surface area contributed by atoms with E-state index in [0.29, 0.717) is 6.54 Å². The minimum absolute atomic E-state index is 0.520. The Morgan fingerprint density at radius 2 is 2.13 bits per heavy atom. The molecular formula is C11H11BrN2S. The monoisotopic (exact) mass is 282 g/mol. The summed E-state index contributed by atoms with van der Waals surface area (Å²) in [4.78, 5) is 4.44. The van der Waals surface area contributed by atoms with Crippen molar-refractivity contribution in [3.8, 4) is 0 Å². The van der Waals surface area contributed by atoms with Crippen molar-refractivity contribution >= 4 is 27.3 Å². The number of nitrogens with two attached hydrogens (primary N) is 1. The molecule has 1 aromatic carbocycles. The van der Waals surface area contributed by atoms with Crippen LogP contribution >= 0.6 is 27.3 Å². The molecule has 2 nitrogen and oxygen atoms in total. The van der Waals surface area contributed by atoms with Gasteiger partial charge in [-0.1, -0.05) is 34.1 Å². The number of hydrogen-bond acceptors (Lipinski definition) is 3. The summed E-state index contributed by atoms with van der Waals surface area (Å²) in [7, 11) is 0. The fourth-order valence-corrected chi connectivity index (χ4v) is 2.58. The summed E-state index contributed by atoms with van der Waals surface area (Å²) in [5.41, 5.74) is 7.76. The normalized spacial score (nSPS) is 10.5. The Labute approximate surface area is 101 Å². The lowest BCUT2D eigenvalue weighted by Gasteiger charge is -2.00. The summed E-state index contributed by atoms with van der Waals surface area (Å²) < 4.78 is 1.13. The summed E-state index contributed by atoms with van der Waals surface area (Å²) in [6, 6.07) is 8.21. The minimum Gasteiger partial charge on any atom is -0.325 e. The van der Waals surface area contributed by atoms with Crippen molar-refractivity contribution in [2.24, 2.45) is 5.73 Å². The second-order valence-corrected chi connectivity index (χ2v) is 5.00. The molecule has 0 radical (unpaired) electrons. The first-order valence-electron chi connectivity index (χ1n) is 4.66. The standard InChI is InChI=1S/C11H11BrN2S/c12-10-4-2-1-3-8(10)5-11-14-9(6-13)7-15-11/h1-4,7H,5-6,13H2. The Kier molecular flexibility index (Phi) is 3.51. The van der Waals surface area contributed by atoms with E-state index in [-0.39, 0.29) is 0 Å². The maximum Gasteiger partial charge on any atom is 0.0973 e. The smallest absolute Gasteiger partial charge is 0.0973 e. The number of rotatable bonds is 3. The second-order valence-electron chi connectivity index (χ2n) is 3.20. The highest BCUT2D eigenvalue weighted by Crippen LogP contribution is 2.21. The summed E-state index contributed by atoms with van der Waals surface area (Å²) >= 11 is 5.20. The lowest BCUT2D eigenvalue weighted by Crippen LogP contribution is -1.97. The lowest BCUT2D eigenvalue weighted by atomic mass is 10.2. The SMILES string of the molecule is NCc1csc(Cc2ccccc2Br)n1. The number of thiazole rings is 1. The summed E-state index contributed by atoms with van der Waals surface area (Å²) in [5.74, 6) is 0. The van der Waals surface area contributed by atoms with Gasteiger partial charge in [-0.3, -0.25) is 0 Å². The number of hydrogen-bond donors (Lipinski definition) is 1. The van der Waals surface area contributed by atoms with Gasteiger partial charge in [-0.05, 0) is 11.6 Å². The highest BCUT2D eigenvalue weighted by molar-refractivity contribution is 9.10. The van der Waals surface area contributed by atoms with Crippen LogP contribution in [0.1, 0.15) is 16.3 Å². The van der Waals surface area contributed by atoms with Crippen LogP contribution in [-0.2, 0) is 13.0 Å². The molecule has 0 saturated carbocycles. The molecule has 0 aliphatic rings. The zero-order chi connectivity index (χ0) is 10.7. The number of halogens is 1. The van der Waals surface area contributed by atoms with Gasteiger partial charge in [0.25, 0.3) is 0 Å². The van der Waals surface area contributed by atoms with Crippen LogP contribution in [0.15, 0.2) is 34.1 Å². The molecule has 0 unspecified atom stereocenters. The van der Waals surface area contributed by atoms with Gasteiger partial charge in [-0.2, -0.15) is 0 Å². The molecule has 0 aliphatic heterocycles. The quantitative estimate of drug-likeness (QED) is 0.940. The van der Waals surface area contributed by atoms with E-state index in [1.54, 1.807) is 11.3 Å². The van der Waals surface area contributed by atoms with Crippen molar-refractivity contribution in [3.05, 3.63) is 50.4 Å². The van der Waals surface area contributed by atoms with E-state index in [4.69, 9.17) is 5.73 Å². The van der Waals surface area contributed by atoms with E-state index in [0.717, 1.165) is 21.6 Å². The Balaban J connectivity index is 2.18. The molecule has 1 aromatic heterocycles. The van der Waals surface area contributed by atoms with Crippen LogP contribution in [0.25, 0.3) is 0 Å². The van der Waals surface area contributed by atoms with E-state index < -0.39 is 0 Å². The lowest BCUT2D eigenvalue weighted by molar-refractivity contribution is 0.981. The largest absolute Gasteiger partial charge is 0.325 e. The van der Waals surface area contributed by atoms with Crippen LogP contribution in [0, 0.1) is 0 Å². The van der Waals surface area contributed by atoms with Crippen LogP contribution in [0.2, 0.25) is 0 Å². The highest BCUT2D eigenvalue weighted by Gasteiger charge is 2.04. The van der Waals surface area contributed by atoms with Crippen LogP contribution in [0.3, 0.4) is 0 Å². The molecule has 2 rings (SSSR count). The molecule has 0 amide bonds. The Bertz CT molecular complexity index is 453. The topological polar surface area (TPSA) is 38.9 Å². The van der Waals surface area contributed by atoms with Crippen LogP contribution in [0.5, 0.6) is 0 Å². The van der Waals surface area contributed by atoms with Gasteiger partial charge in [0.2, 0.25) is 0 Å². The third kappa shape index (κ3) is 2.65. The average molecular weight is 283 g/mol. The van der Waals surface area contributed by atoms with Crippen molar-refractivity contribution in [1.29, 1.82) is 0 Å². The van der Waals surface area contributed by atoms with E-state index in [9.17, 15) is 0 Å². The molecule has 0 bridgehead atoms. The van der Waals surface area contributed by atoms with Gasteiger partial charge in [0.1, 0.15) is 0 Å². The van der Waals surface area contributed by atoms with Gasteiger partial charge in [-0.15, -0.1) is 11.3 Å².